The van der Waals surface area contributed by atoms with Crippen LogP contribution in [-0.4, -0.2) is 30.0 Å². The van der Waals surface area contributed by atoms with Crippen LogP contribution in [0.4, 0.5) is 5.13 Å². The van der Waals surface area contributed by atoms with Gasteiger partial charge < -0.3 is 14.2 Å². The Labute approximate surface area is 165 Å². The van der Waals surface area contributed by atoms with Crippen LogP contribution in [-0.2, 0) is 11.2 Å². The number of carbonyl (C=O) groups excluding carboxylic acids is 1. The van der Waals surface area contributed by atoms with E-state index in [4.69, 9.17) is 14.2 Å². The van der Waals surface area contributed by atoms with Gasteiger partial charge in [0.1, 0.15) is 10.8 Å². The van der Waals surface area contributed by atoms with E-state index in [2.05, 4.69) is 15.5 Å². The van der Waals surface area contributed by atoms with Crippen molar-refractivity contribution in [3.8, 4) is 17.2 Å². The molecule has 4 rings (SSSR count). The fraction of sp³-hybridized carbons (Fsp3) is 0.150. The number of nitrogens with one attached hydrogen (secondary N) is 1. The van der Waals surface area contributed by atoms with Crippen molar-refractivity contribution >= 4 is 28.5 Å². The quantitative estimate of drug-likeness (QED) is 0.643. The van der Waals surface area contributed by atoms with Gasteiger partial charge >= 0.3 is 0 Å². The van der Waals surface area contributed by atoms with E-state index in [0.29, 0.717) is 23.1 Å². The number of nitrogens with zero attached hydrogens (tertiary/aromatic N) is 2. The van der Waals surface area contributed by atoms with Crippen LogP contribution in [0.3, 0.4) is 0 Å². The fourth-order valence-electron chi connectivity index (χ4n) is 2.72. The number of fused-ring (bicyclic) bond motifs is 1. The minimum absolute atomic E-state index is 0.219. The first kappa shape index (κ1) is 18.0. The second-order valence-electron chi connectivity index (χ2n) is 5.92. The molecule has 0 fully saturated rings. The molecule has 8 heteroatoms. The monoisotopic (exact) mass is 395 g/mol. The van der Waals surface area contributed by atoms with E-state index in [0.717, 1.165) is 21.9 Å². The number of methoxy groups -OCH3 is 1. The summed E-state index contributed by atoms with van der Waals surface area (Å²) < 4.78 is 15.9. The number of hydrogen-bond donors (Lipinski definition) is 1. The van der Waals surface area contributed by atoms with Gasteiger partial charge in [-0.15, -0.1) is 10.2 Å². The van der Waals surface area contributed by atoms with Gasteiger partial charge in [0.05, 0.1) is 7.11 Å². The molecule has 0 bridgehead atoms. The van der Waals surface area contributed by atoms with Gasteiger partial charge in [0.15, 0.2) is 11.5 Å². The first-order chi connectivity index (χ1) is 13.7. The lowest BCUT2D eigenvalue weighted by Crippen LogP contribution is -2.07. The average molecular weight is 395 g/mol. The maximum atomic E-state index is 12.2. The second-order valence-corrected chi connectivity index (χ2v) is 6.99. The van der Waals surface area contributed by atoms with Crippen molar-refractivity contribution in [3.63, 3.8) is 0 Å². The summed E-state index contributed by atoms with van der Waals surface area (Å²) in [5.41, 5.74) is 1.86. The Bertz CT molecular complexity index is 1030. The molecule has 1 N–H and O–H groups in total. The van der Waals surface area contributed by atoms with Gasteiger partial charge in [-0.1, -0.05) is 35.6 Å². The fourth-order valence-corrected chi connectivity index (χ4v) is 3.49. The zero-order valence-electron chi connectivity index (χ0n) is 15.0. The van der Waals surface area contributed by atoms with Gasteiger partial charge in [0.2, 0.25) is 17.8 Å². The maximum absolute atomic E-state index is 12.2. The van der Waals surface area contributed by atoms with Crippen molar-refractivity contribution < 1.29 is 19.0 Å². The number of carbonyl (C=O) groups is 1. The van der Waals surface area contributed by atoms with Crippen LogP contribution in [0.2, 0.25) is 0 Å². The Morgan fingerprint density at radius 3 is 2.96 bits per heavy atom. The molecule has 28 heavy (non-hydrogen) atoms. The Morgan fingerprint density at radius 2 is 2.07 bits per heavy atom. The van der Waals surface area contributed by atoms with Gasteiger partial charge in [-0.05, 0) is 29.8 Å². The molecule has 1 aliphatic rings. The number of para-hydroxylation sites is 1. The number of aromatic nitrogens is 2. The van der Waals surface area contributed by atoms with E-state index < -0.39 is 0 Å². The van der Waals surface area contributed by atoms with Gasteiger partial charge in [0, 0.05) is 18.1 Å². The smallest absolute Gasteiger partial charge is 0.250 e. The van der Waals surface area contributed by atoms with Gasteiger partial charge in [0.25, 0.3) is 0 Å². The van der Waals surface area contributed by atoms with Gasteiger partial charge in [-0.3, -0.25) is 10.1 Å². The van der Waals surface area contributed by atoms with Crippen LogP contribution in [0.1, 0.15) is 16.1 Å². The molecule has 1 amide bonds. The van der Waals surface area contributed by atoms with E-state index in [1.807, 2.05) is 42.5 Å². The first-order valence-electron chi connectivity index (χ1n) is 8.54. The summed E-state index contributed by atoms with van der Waals surface area (Å²) in [6, 6.07) is 13.2. The molecule has 3 aromatic rings. The van der Waals surface area contributed by atoms with Crippen LogP contribution in [0.15, 0.2) is 48.5 Å². The predicted molar refractivity (Wildman–Crippen MR) is 106 cm³/mol. The van der Waals surface area contributed by atoms with E-state index in [-0.39, 0.29) is 12.7 Å². The standard InChI is InChI=1S/C20H17N3O4S/c1-25-15-5-3-2-4-14(15)11-19-22-23-20(28-19)21-18(24)9-7-13-6-8-16-17(10-13)27-12-26-16/h2-10H,11-12H2,1H3,(H,21,23,24)/b9-7+. The number of ether oxygens (including phenoxy) is 3. The molecule has 0 saturated heterocycles. The highest BCUT2D eigenvalue weighted by Gasteiger charge is 2.13. The van der Waals surface area contributed by atoms with Crippen molar-refractivity contribution in [1.29, 1.82) is 0 Å². The van der Waals surface area contributed by atoms with Crippen LogP contribution >= 0.6 is 11.3 Å². The molecular weight excluding hydrogens is 378 g/mol. The van der Waals surface area contributed by atoms with E-state index >= 15 is 0 Å². The number of anilines is 1. The van der Waals surface area contributed by atoms with Crippen molar-refractivity contribution in [3.05, 3.63) is 64.7 Å². The van der Waals surface area contributed by atoms with Crippen LogP contribution in [0, 0.1) is 0 Å². The van der Waals surface area contributed by atoms with Crippen LogP contribution < -0.4 is 19.5 Å². The summed E-state index contributed by atoms with van der Waals surface area (Å²) in [6.07, 6.45) is 3.73. The third-order valence-electron chi connectivity index (χ3n) is 4.05. The SMILES string of the molecule is COc1ccccc1Cc1nnc(NC(=O)/C=C/c2ccc3c(c2)OCO3)s1. The molecule has 1 aliphatic heterocycles. The highest BCUT2D eigenvalue weighted by Crippen LogP contribution is 2.32. The third kappa shape index (κ3) is 4.12. The van der Waals surface area contributed by atoms with Crippen LogP contribution in [0.25, 0.3) is 6.08 Å². The number of benzene rings is 2. The van der Waals surface area contributed by atoms with E-state index in [1.165, 1.54) is 17.4 Å². The average Bonchev–Trinajstić information content (AvgIpc) is 3.35. The second kappa shape index (κ2) is 8.10. The van der Waals surface area contributed by atoms with Gasteiger partial charge in [-0.25, -0.2) is 0 Å². The lowest BCUT2D eigenvalue weighted by molar-refractivity contribution is -0.111. The number of rotatable bonds is 6. The normalized spacial score (nSPS) is 12.3. The predicted octanol–water partition coefficient (Wildman–Crippen LogP) is 3.52. The molecule has 0 aliphatic carbocycles. The molecule has 0 radical (unpaired) electrons. The summed E-state index contributed by atoms with van der Waals surface area (Å²) in [6.45, 7) is 0.219. The minimum Gasteiger partial charge on any atom is -0.496 e. The zero-order valence-corrected chi connectivity index (χ0v) is 15.9. The molecule has 0 atom stereocenters. The number of amides is 1. The van der Waals surface area contributed by atoms with E-state index in [9.17, 15) is 4.79 Å². The lowest BCUT2D eigenvalue weighted by Gasteiger charge is -2.05. The minimum atomic E-state index is -0.280. The molecule has 7 nitrogen and oxygen atoms in total. The molecule has 2 aromatic carbocycles. The highest BCUT2D eigenvalue weighted by molar-refractivity contribution is 7.15. The third-order valence-corrected chi connectivity index (χ3v) is 4.89. The van der Waals surface area contributed by atoms with Crippen molar-refractivity contribution in [2.45, 2.75) is 6.42 Å². The van der Waals surface area contributed by atoms with Gasteiger partial charge in [-0.2, -0.15) is 0 Å². The zero-order chi connectivity index (χ0) is 19.3. The summed E-state index contributed by atoms with van der Waals surface area (Å²) in [5, 5.41) is 12.1. The molecule has 0 unspecified atom stereocenters. The molecular formula is C20H17N3O4S. The summed E-state index contributed by atoms with van der Waals surface area (Å²) in [5.74, 6) is 1.90. The Balaban J connectivity index is 1.37. The summed E-state index contributed by atoms with van der Waals surface area (Å²) in [4.78, 5) is 12.2. The maximum Gasteiger partial charge on any atom is 0.250 e. The van der Waals surface area contributed by atoms with Crippen molar-refractivity contribution in [1.82, 2.24) is 10.2 Å². The van der Waals surface area contributed by atoms with Crippen molar-refractivity contribution in [2.24, 2.45) is 0 Å². The Kier molecular flexibility index (Phi) is 5.20. The largest absolute Gasteiger partial charge is 0.496 e. The molecule has 0 saturated carbocycles. The lowest BCUT2D eigenvalue weighted by atomic mass is 10.1. The molecule has 142 valence electrons. The summed E-state index contributed by atoms with van der Waals surface area (Å²) >= 11 is 1.33. The molecule has 2 heterocycles. The Morgan fingerprint density at radius 1 is 1.21 bits per heavy atom. The van der Waals surface area contributed by atoms with Crippen molar-refractivity contribution in [2.75, 3.05) is 19.2 Å². The number of hydrogen-bond acceptors (Lipinski definition) is 7. The summed E-state index contributed by atoms with van der Waals surface area (Å²) in [7, 11) is 1.64. The highest BCUT2D eigenvalue weighted by atomic mass is 32.1. The molecule has 1 aromatic heterocycles. The van der Waals surface area contributed by atoms with E-state index in [1.54, 1.807) is 13.2 Å². The Hall–Kier alpha value is -3.39. The first-order valence-corrected chi connectivity index (χ1v) is 9.36. The molecule has 0 spiro atoms. The van der Waals surface area contributed by atoms with Crippen LogP contribution in [0.5, 0.6) is 17.2 Å². The topological polar surface area (TPSA) is 82.6 Å².